The molecule has 1 unspecified atom stereocenters. The highest BCUT2D eigenvalue weighted by molar-refractivity contribution is 6.30. The molecule has 88 valence electrons. The molecule has 0 bridgehead atoms. The zero-order chi connectivity index (χ0) is 12.3. The molecule has 1 aromatic carbocycles. The molecule has 0 saturated carbocycles. The third-order valence-electron chi connectivity index (χ3n) is 1.99. The van der Waals surface area contributed by atoms with E-state index in [1.165, 1.54) is 0 Å². The standard InChI is InChI=1S/C10H11ClF2N2O/c1-5(4-14)15-10(16)6-2-9(13)7(11)3-8(6)12/h2-3,5H,4,14H2,1H3,(H,15,16). The number of nitrogens with two attached hydrogens (primary N) is 1. The van der Waals surface area contributed by atoms with Crippen molar-refractivity contribution in [3.63, 3.8) is 0 Å². The van der Waals surface area contributed by atoms with E-state index in [0.29, 0.717) is 0 Å². The zero-order valence-electron chi connectivity index (χ0n) is 8.56. The Bertz CT molecular complexity index is 412. The van der Waals surface area contributed by atoms with Gasteiger partial charge >= 0.3 is 0 Å². The van der Waals surface area contributed by atoms with Gasteiger partial charge in [0.25, 0.3) is 5.91 Å². The Morgan fingerprint density at radius 3 is 2.69 bits per heavy atom. The first-order valence-electron chi connectivity index (χ1n) is 4.61. The number of carbonyl (C=O) groups excluding carboxylic acids is 1. The van der Waals surface area contributed by atoms with Crippen molar-refractivity contribution in [2.24, 2.45) is 5.73 Å². The fourth-order valence-corrected chi connectivity index (χ4v) is 1.21. The first-order chi connectivity index (χ1) is 7.45. The number of hydrogen-bond donors (Lipinski definition) is 2. The Labute approximate surface area is 96.6 Å². The summed E-state index contributed by atoms with van der Waals surface area (Å²) in [6, 6.07) is 1.21. The van der Waals surface area contributed by atoms with Crippen LogP contribution in [-0.4, -0.2) is 18.5 Å². The predicted octanol–water partition coefficient (Wildman–Crippen LogP) is 1.70. The van der Waals surface area contributed by atoms with E-state index in [0.717, 1.165) is 12.1 Å². The minimum atomic E-state index is -0.867. The highest BCUT2D eigenvalue weighted by atomic mass is 35.5. The second kappa shape index (κ2) is 5.23. The summed E-state index contributed by atoms with van der Waals surface area (Å²) in [6.45, 7) is 1.87. The molecule has 0 spiro atoms. The topological polar surface area (TPSA) is 55.1 Å². The number of carbonyl (C=O) groups is 1. The van der Waals surface area contributed by atoms with Crippen LogP contribution in [0.2, 0.25) is 5.02 Å². The van der Waals surface area contributed by atoms with Gasteiger partial charge in [0.05, 0.1) is 10.6 Å². The predicted molar refractivity (Wildman–Crippen MR) is 57.4 cm³/mol. The van der Waals surface area contributed by atoms with Gasteiger partial charge in [-0.25, -0.2) is 8.78 Å². The molecule has 3 N–H and O–H groups in total. The van der Waals surface area contributed by atoms with Crippen molar-refractivity contribution < 1.29 is 13.6 Å². The second-order valence-corrected chi connectivity index (χ2v) is 3.76. The highest BCUT2D eigenvalue weighted by Crippen LogP contribution is 2.19. The van der Waals surface area contributed by atoms with Gasteiger partial charge in [0.2, 0.25) is 0 Å². The summed E-state index contributed by atoms with van der Waals surface area (Å²) >= 11 is 5.36. The van der Waals surface area contributed by atoms with E-state index in [2.05, 4.69) is 5.32 Å². The van der Waals surface area contributed by atoms with Gasteiger partial charge in [0, 0.05) is 12.6 Å². The molecule has 1 amide bonds. The van der Waals surface area contributed by atoms with Crippen LogP contribution >= 0.6 is 11.6 Å². The maximum absolute atomic E-state index is 13.3. The first kappa shape index (κ1) is 12.9. The van der Waals surface area contributed by atoms with Crippen LogP contribution in [0.1, 0.15) is 17.3 Å². The van der Waals surface area contributed by atoms with Crippen LogP contribution in [0.4, 0.5) is 8.78 Å². The van der Waals surface area contributed by atoms with Crippen LogP contribution < -0.4 is 11.1 Å². The maximum Gasteiger partial charge on any atom is 0.254 e. The fourth-order valence-electron chi connectivity index (χ4n) is 1.06. The van der Waals surface area contributed by atoms with E-state index >= 15 is 0 Å². The molecule has 0 aromatic heterocycles. The van der Waals surface area contributed by atoms with Crippen LogP contribution in [-0.2, 0) is 0 Å². The Hall–Kier alpha value is -1.20. The average molecular weight is 249 g/mol. The van der Waals surface area contributed by atoms with Crippen molar-refractivity contribution >= 4 is 17.5 Å². The van der Waals surface area contributed by atoms with Crippen LogP contribution in [0, 0.1) is 11.6 Å². The molecule has 0 radical (unpaired) electrons. The van der Waals surface area contributed by atoms with E-state index in [9.17, 15) is 13.6 Å². The summed E-state index contributed by atoms with van der Waals surface area (Å²) < 4.78 is 26.3. The molecule has 0 fully saturated rings. The minimum absolute atomic E-state index is 0.212. The lowest BCUT2D eigenvalue weighted by Crippen LogP contribution is -2.38. The van der Waals surface area contributed by atoms with Gasteiger partial charge in [-0.05, 0) is 19.1 Å². The Kier molecular flexibility index (Phi) is 4.20. The third-order valence-corrected chi connectivity index (χ3v) is 2.28. The molecule has 0 heterocycles. The largest absolute Gasteiger partial charge is 0.348 e. The Morgan fingerprint density at radius 2 is 2.12 bits per heavy atom. The van der Waals surface area contributed by atoms with E-state index in [-0.39, 0.29) is 23.2 Å². The third kappa shape index (κ3) is 2.90. The molecule has 1 rings (SSSR count). The van der Waals surface area contributed by atoms with Crippen LogP contribution in [0.3, 0.4) is 0 Å². The number of rotatable bonds is 3. The molecule has 1 atom stereocenters. The second-order valence-electron chi connectivity index (χ2n) is 3.36. The smallest absolute Gasteiger partial charge is 0.254 e. The van der Waals surface area contributed by atoms with Crippen molar-refractivity contribution in [3.8, 4) is 0 Å². The van der Waals surface area contributed by atoms with Crippen LogP contribution in [0.15, 0.2) is 12.1 Å². The molecule has 3 nitrogen and oxygen atoms in total. The quantitative estimate of drug-likeness (QED) is 0.800. The molecule has 6 heteroatoms. The maximum atomic E-state index is 13.3. The molecular formula is C10H11ClF2N2O. The van der Waals surface area contributed by atoms with Crippen molar-refractivity contribution in [2.75, 3.05) is 6.54 Å². The van der Waals surface area contributed by atoms with Gasteiger partial charge in [-0.1, -0.05) is 11.6 Å². The molecule has 0 aliphatic rings. The van der Waals surface area contributed by atoms with E-state index in [4.69, 9.17) is 17.3 Å². The zero-order valence-corrected chi connectivity index (χ0v) is 9.31. The molecule has 1 aromatic rings. The lowest BCUT2D eigenvalue weighted by Gasteiger charge is -2.11. The van der Waals surface area contributed by atoms with Gasteiger partial charge in [-0.2, -0.15) is 0 Å². The van der Waals surface area contributed by atoms with Gasteiger partial charge in [-0.3, -0.25) is 4.79 Å². The summed E-state index contributed by atoms with van der Waals surface area (Å²) in [4.78, 5) is 11.5. The molecule has 16 heavy (non-hydrogen) atoms. The Morgan fingerprint density at radius 1 is 1.50 bits per heavy atom. The van der Waals surface area contributed by atoms with Gasteiger partial charge in [-0.15, -0.1) is 0 Å². The summed E-state index contributed by atoms with van der Waals surface area (Å²) in [5, 5.41) is 2.06. The molecular weight excluding hydrogens is 238 g/mol. The summed E-state index contributed by atoms with van der Waals surface area (Å²) in [5.74, 6) is -2.42. The normalized spacial score (nSPS) is 12.3. The van der Waals surface area contributed by atoms with Gasteiger partial charge < -0.3 is 11.1 Å². The number of halogens is 3. The van der Waals surface area contributed by atoms with Crippen molar-refractivity contribution in [1.29, 1.82) is 0 Å². The lowest BCUT2D eigenvalue weighted by molar-refractivity contribution is 0.0936. The van der Waals surface area contributed by atoms with Crippen LogP contribution in [0.25, 0.3) is 0 Å². The van der Waals surface area contributed by atoms with E-state index in [1.54, 1.807) is 6.92 Å². The summed E-state index contributed by atoms with van der Waals surface area (Å²) in [5.41, 5.74) is 4.90. The summed E-state index contributed by atoms with van der Waals surface area (Å²) in [6.07, 6.45) is 0. The van der Waals surface area contributed by atoms with Gasteiger partial charge in [0.1, 0.15) is 11.6 Å². The fraction of sp³-hybridized carbons (Fsp3) is 0.300. The molecule has 0 aliphatic carbocycles. The highest BCUT2D eigenvalue weighted by Gasteiger charge is 2.16. The number of hydrogen-bond acceptors (Lipinski definition) is 2. The Balaban J connectivity index is 2.96. The monoisotopic (exact) mass is 248 g/mol. The minimum Gasteiger partial charge on any atom is -0.348 e. The molecule has 0 aliphatic heterocycles. The van der Waals surface area contributed by atoms with Crippen LogP contribution in [0.5, 0.6) is 0 Å². The molecule has 0 saturated heterocycles. The number of benzene rings is 1. The average Bonchev–Trinajstić information content (AvgIpc) is 2.23. The van der Waals surface area contributed by atoms with Crippen molar-refractivity contribution in [2.45, 2.75) is 13.0 Å². The van der Waals surface area contributed by atoms with E-state index < -0.39 is 17.5 Å². The SMILES string of the molecule is CC(CN)NC(=O)c1cc(F)c(Cl)cc1F. The van der Waals surface area contributed by atoms with Crippen molar-refractivity contribution in [3.05, 3.63) is 34.4 Å². The lowest BCUT2D eigenvalue weighted by atomic mass is 10.2. The number of amides is 1. The van der Waals surface area contributed by atoms with Gasteiger partial charge in [0.15, 0.2) is 0 Å². The van der Waals surface area contributed by atoms with E-state index in [1.807, 2.05) is 0 Å². The number of nitrogens with one attached hydrogen (secondary N) is 1. The summed E-state index contributed by atoms with van der Waals surface area (Å²) in [7, 11) is 0. The first-order valence-corrected chi connectivity index (χ1v) is 4.99. The van der Waals surface area contributed by atoms with Crippen molar-refractivity contribution in [1.82, 2.24) is 5.32 Å².